The molecule has 1 saturated heterocycles. The maximum absolute atomic E-state index is 12.5. The smallest absolute Gasteiger partial charge is 0.364 e. The summed E-state index contributed by atoms with van der Waals surface area (Å²) in [6, 6.07) is -0.377. The standard InChI is InChI=1S/C14H25N5O5S/c1-6-24-12(21)10-11(20)19(18-15-10)25(22,23)16-9-7-13(2,3)17-14(4,5)8-9/h9,16-18H,6-8H2,1-5H3. The molecule has 0 unspecified atom stereocenters. The maximum atomic E-state index is 12.5. The zero-order chi connectivity index (χ0) is 19.0. The Morgan fingerprint density at radius 2 is 1.88 bits per heavy atom. The molecular weight excluding hydrogens is 350 g/mol. The summed E-state index contributed by atoms with van der Waals surface area (Å²) in [6.07, 6.45) is 1.09. The molecule has 1 aromatic heterocycles. The van der Waals surface area contributed by atoms with Gasteiger partial charge in [0.15, 0.2) is 0 Å². The van der Waals surface area contributed by atoms with Gasteiger partial charge >= 0.3 is 21.7 Å². The summed E-state index contributed by atoms with van der Waals surface area (Å²) in [7, 11) is -4.22. The van der Waals surface area contributed by atoms with Crippen LogP contribution in [0.2, 0.25) is 0 Å². The van der Waals surface area contributed by atoms with Crippen molar-refractivity contribution in [2.24, 2.45) is 0 Å². The summed E-state index contributed by atoms with van der Waals surface area (Å²) in [5.41, 5.74) is -2.22. The van der Waals surface area contributed by atoms with Crippen LogP contribution in [0, 0.1) is 0 Å². The molecule has 1 aromatic rings. The minimum atomic E-state index is -4.22. The van der Waals surface area contributed by atoms with Crippen LogP contribution in [0.15, 0.2) is 4.79 Å². The fourth-order valence-corrected chi connectivity index (χ4v) is 4.60. The average molecular weight is 375 g/mol. The molecule has 0 radical (unpaired) electrons. The highest BCUT2D eigenvalue weighted by atomic mass is 32.2. The Morgan fingerprint density at radius 1 is 1.32 bits per heavy atom. The molecule has 0 bridgehead atoms. The lowest BCUT2D eigenvalue weighted by Gasteiger charge is -2.46. The lowest BCUT2D eigenvalue weighted by molar-refractivity contribution is 0.0518. The van der Waals surface area contributed by atoms with Gasteiger partial charge in [-0.1, -0.05) is 0 Å². The molecule has 0 amide bonds. The number of H-pyrrole nitrogens is 1. The van der Waals surface area contributed by atoms with Gasteiger partial charge in [0.05, 0.1) is 6.61 Å². The number of ether oxygens (including phenoxy) is 1. The summed E-state index contributed by atoms with van der Waals surface area (Å²) in [4.78, 5) is 23.8. The summed E-state index contributed by atoms with van der Waals surface area (Å²) in [6.45, 7) is 9.55. The van der Waals surface area contributed by atoms with E-state index in [2.05, 4.69) is 25.1 Å². The van der Waals surface area contributed by atoms with Crippen molar-refractivity contribution in [3.63, 3.8) is 0 Å². The van der Waals surface area contributed by atoms with Gasteiger partial charge in [-0.2, -0.15) is 18.4 Å². The summed E-state index contributed by atoms with van der Waals surface area (Å²) in [5.74, 6) is -0.971. The van der Waals surface area contributed by atoms with Crippen molar-refractivity contribution in [3.05, 3.63) is 16.0 Å². The topological polar surface area (TPSA) is 135 Å². The largest absolute Gasteiger partial charge is 0.461 e. The molecule has 1 fully saturated rings. The lowest BCUT2D eigenvalue weighted by Crippen LogP contribution is -2.62. The Labute approximate surface area is 146 Å². The third-order valence-corrected chi connectivity index (χ3v) is 5.21. The number of esters is 1. The van der Waals surface area contributed by atoms with Gasteiger partial charge in [-0.3, -0.25) is 4.79 Å². The molecule has 0 aliphatic carbocycles. The lowest BCUT2D eigenvalue weighted by atomic mass is 9.80. The van der Waals surface area contributed by atoms with Crippen molar-refractivity contribution in [2.45, 2.75) is 64.6 Å². The number of piperidine rings is 1. The van der Waals surface area contributed by atoms with Crippen LogP contribution in [0.5, 0.6) is 0 Å². The Morgan fingerprint density at radius 3 is 2.40 bits per heavy atom. The quantitative estimate of drug-likeness (QED) is 0.603. The van der Waals surface area contributed by atoms with Gasteiger partial charge in [-0.15, -0.1) is 9.19 Å². The second kappa shape index (κ2) is 6.54. The van der Waals surface area contributed by atoms with Gasteiger partial charge < -0.3 is 10.1 Å². The molecule has 2 rings (SSSR count). The third-order valence-electron chi connectivity index (χ3n) is 3.85. The second-order valence-corrected chi connectivity index (χ2v) is 9.02. The van der Waals surface area contributed by atoms with E-state index in [1.54, 1.807) is 6.92 Å². The number of hydrogen-bond donors (Lipinski definition) is 3. The normalized spacial score (nSPS) is 20.4. The zero-order valence-electron chi connectivity index (χ0n) is 15.0. The first-order valence-corrected chi connectivity index (χ1v) is 9.47. The molecule has 11 heteroatoms. The molecule has 142 valence electrons. The van der Waals surface area contributed by atoms with E-state index in [1.807, 2.05) is 27.7 Å². The van der Waals surface area contributed by atoms with Crippen LogP contribution in [0.1, 0.15) is 57.9 Å². The van der Waals surface area contributed by atoms with E-state index in [1.165, 1.54) is 0 Å². The van der Waals surface area contributed by atoms with E-state index < -0.39 is 27.4 Å². The van der Waals surface area contributed by atoms with E-state index in [0.717, 1.165) is 0 Å². The van der Waals surface area contributed by atoms with Crippen LogP contribution in [0.4, 0.5) is 0 Å². The molecule has 2 heterocycles. The summed E-state index contributed by atoms with van der Waals surface area (Å²) < 4.78 is 32.6. The Hall–Kier alpha value is -1.72. The highest BCUT2D eigenvalue weighted by Crippen LogP contribution is 2.28. The average Bonchev–Trinajstić information content (AvgIpc) is 2.77. The summed E-state index contributed by atoms with van der Waals surface area (Å²) >= 11 is 0. The van der Waals surface area contributed by atoms with Crippen LogP contribution in [0.25, 0.3) is 0 Å². The number of carbonyl (C=O) groups excluding carboxylic acids is 1. The Balaban J connectivity index is 2.25. The molecule has 0 saturated carbocycles. The Kier molecular flexibility index (Phi) is 5.13. The number of hydrogen-bond acceptors (Lipinski definition) is 7. The van der Waals surface area contributed by atoms with Gasteiger partial charge in [0.1, 0.15) is 0 Å². The molecule has 0 atom stereocenters. The van der Waals surface area contributed by atoms with Gasteiger partial charge in [0.2, 0.25) is 5.69 Å². The molecule has 0 aromatic carbocycles. The molecule has 25 heavy (non-hydrogen) atoms. The van der Waals surface area contributed by atoms with Crippen LogP contribution < -0.4 is 15.6 Å². The van der Waals surface area contributed by atoms with Crippen molar-refractivity contribution < 1.29 is 17.9 Å². The predicted octanol–water partition coefficient (Wildman–Crippen LogP) is -0.260. The SMILES string of the molecule is CCOC(=O)c1n[nH]n(S(=O)(=O)NC2CC(C)(C)NC(C)(C)C2)c1=O. The van der Waals surface area contributed by atoms with Gasteiger partial charge in [0, 0.05) is 17.1 Å². The summed E-state index contributed by atoms with van der Waals surface area (Å²) in [5, 5.41) is 8.99. The van der Waals surface area contributed by atoms with Crippen molar-refractivity contribution in [1.29, 1.82) is 0 Å². The van der Waals surface area contributed by atoms with E-state index in [9.17, 15) is 18.0 Å². The van der Waals surface area contributed by atoms with Crippen LogP contribution in [-0.2, 0) is 14.9 Å². The third kappa shape index (κ3) is 4.47. The van der Waals surface area contributed by atoms with E-state index >= 15 is 0 Å². The number of aromatic amines is 1. The molecule has 1 aliphatic rings. The molecular formula is C14H25N5O5S. The fraction of sp³-hybridized carbons (Fsp3) is 0.786. The van der Waals surface area contributed by atoms with Gasteiger partial charge in [-0.05, 0) is 47.5 Å². The monoisotopic (exact) mass is 375 g/mol. The van der Waals surface area contributed by atoms with Crippen molar-refractivity contribution in [3.8, 4) is 0 Å². The first-order valence-electron chi connectivity index (χ1n) is 8.03. The molecule has 0 spiro atoms. The maximum Gasteiger partial charge on any atom is 0.364 e. The first kappa shape index (κ1) is 19.6. The zero-order valence-corrected chi connectivity index (χ0v) is 15.9. The molecule has 1 aliphatic heterocycles. The van der Waals surface area contributed by atoms with Crippen LogP contribution in [0.3, 0.4) is 0 Å². The van der Waals surface area contributed by atoms with E-state index in [4.69, 9.17) is 0 Å². The predicted molar refractivity (Wildman–Crippen MR) is 90.6 cm³/mol. The van der Waals surface area contributed by atoms with Crippen molar-refractivity contribution in [2.75, 3.05) is 6.61 Å². The molecule has 3 N–H and O–H groups in total. The minimum absolute atomic E-state index is 0.0510. The number of nitrogens with zero attached hydrogens (tertiary/aromatic N) is 2. The van der Waals surface area contributed by atoms with E-state index in [-0.39, 0.29) is 23.7 Å². The Bertz CT molecular complexity index is 792. The first-order chi connectivity index (χ1) is 11.4. The number of nitrogens with one attached hydrogen (secondary N) is 3. The second-order valence-electron chi connectivity index (χ2n) is 7.47. The van der Waals surface area contributed by atoms with Crippen molar-refractivity contribution >= 4 is 16.2 Å². The highest BCUT2D eigenvalue weighted by molar-refractivity contribution is 7.87. The van der Waals surface area contributed by atoms with E-state index in [0.29, 0.717) is 16.9 Å². The number of aromatic nitrogens is 3. The van der Waals surface area contributed by atoms with Crippen LogP contribution in [-0.4, -0.2) is 52.5 Å². The number of rotatable bonds is 5. The highest BCUT2D eigenvalue weighted by Gasteiger charge is 2.39. The van der Waals surface area contributed by atoms with Crippen LogP contribution >= 0.6 is 0 Å². The van der Waals surface area contributed by atoms with Crippen molar-refractivity contribution in [1.82, 2.24) is 24.4 Å². The molecule has 10 nitrogen and oxygen atoms in total. The fourth-order valence-electron chi connectivity index (χ4n) is 3.45. The number of carbonyl (C=O) groups is 1. The van der Waals surface area contributed by atoms with Gasteiger partial charge in [-0.25, -0.2) is 4.79 Å². The van der Waals surface area contributed by atoms with Gasteiger partial charge in [0.25, 0.3) is 0 Å². The minimum Gasteiger partial charge on any atom is -0.461 e.